The Morgan fingerprint density at radius 2 is 1.68 bits per heavy atom. The minimum Gasteiger partial charge on any atom is -0.338 e. The number of amides is 2. The van der Waals surface area contributed by atoms with E-state index in [2.05, 4.69) is 10.3 Å². The SMILES string of the molecule is CN(CCc1ccncc1)C(=O)NCCc1ccc(S(N)(=O)=O)cc1. The van der Waals surface area contributed by atoms with Crippen molar-refractivity contribution in [1.29, 1.82) is 0 Å². The molecular weight excluding hydrogens is 340 g/mol. The van der Waals surface area contributed by atoms with Crippen LogP contribution in [-0.4, -0.2) is 44.5 Å². The molecule has 0 saturated heterocycles. The lowest BCUT2D eigenvalue weighted by atomic mass is 10.1. The number of sulfonamides is 1. The van der Waals surface area contributed by atoms with Gasteiger partial charge in [0.2, 0.25) is 10.0 Å². The molecule has 25 heavy (non-hydrogen) atoms. The van der Waals surface area contributed by atoms with E-state index in [0.29, 0.717) is 19.5 Å². The molecule has 2 aromatic rings. The van der Waals surface area contributed by atoms with Crippen LogP contribution in [-0.2, 0) is 22.9 Å². The van der Waals surface area contributed by atoms with Crippen molar-refractivity contribution in [3.05, 3.63) is 59.9 Å². The maximum Gasteiger partial charge on any atom is 0.317 e. The fraction of sp³-hybridized carbons (Fsp3) is 0.294. The van der Waals surface area contributed by atoms with Gasteiger partial charge in [-0.05, 0) is 48.2 Å². The molecule has 2 amide bonds. The van der Waals surface area contributed by atoms with Crippen molar-refractivity contribution in [3.63, 3.8) is 0 Å². The van der Waals surface area contributed by atoms with Crippen LogP contribution >= 0.6 is 0 Å². The third-order valence-electron chi connectivity index (χ3n) is 3.77. The van der Waals surface area contributed by atoms with E-state index in [0.717, 1.165) is 17.5 Å². The molecule has 0 spiro atoms. The summed E-state index contributed by atoms with van der Waals surface area (Å²) in [6, 6.07) is 10.0. The lowest BCUT2D eigenvalue weighted by Crippen LogP contribution is -2.39. The monoisotopic (exact) mass is 362 g/mol. The Morgan fingerprint density at radius 1 is 1.08 bits per heavy atom. The van der Waals surface area contributed by atoms with Crippen LogP contribution in [0.5, 0.6) is 0 Å². The summed E-state index contributed by atoms with van der Waals surface area (Å²) in [6.45, 7) is 1.08. The van der Waals surface area contributed by atoms with Crippen molar-refractivity contribution in [2.75, 3.05) is 20.1 Å². The van der Waals surface area contributed by atoms with Gasteiger partial charge in [0.05, 0.1) is 4.90 Å². The molecule has 1 heterocycles. The van der Waals surface area contributed by atoms with E-state index in [1.807, 2.05) is 12.1 Å². The van der Waals surface area contributed by atoms with Crippen molar-refractivity contribution >= 4 is 16.1 Å². The molecule has 7 nitrogen and oxygen atoms in total. The Morgan fingerprint density at radius 3 is 2.28 bits per heavy atom. The van der Waals surface area contributed by atoms with E-state index in [4.69, 9.17) is 5.14 Å². The van der Waals surface area contributed by atoms with Crippen molar-refractivity contribution in [3.8, 4) is 0 Å². The Kier molecular flexibility index (Phi) is 6.49. The summed E-state index contributed by atoms with van der Waals surface area (Å²) in [4.78, 5) is 17.7. The molecule has 0 unspecified atom stereocenters. The normalized spacial score (nSPS) is 11.1. The molecule has 0 saturated carbocycles. The van der Waals surface area contributed by atoms with Crippen LogP contribution in [0.25, 0.3) is 0 Å². The number of hydrogen-bond acceptors (Lipinski definition) is 4. The van der Waals surface area contributed by atoms with Crippen LogP contribution in [0.1, 0.15) is 11.1 Å². The topological polar surface area (TPSA) is 105 Å². The quantitative estimate of drug-likeness (QED) is 0.771. The molecule has 3 N–H and O–H groups in total. The number of carbonyl (C=O) groups is 1. The Bertz CT molecular complexity index is 792. The first-order valence-electron chi connectivity index (χ1n) is 7.86. The predicted octanol–water partition coefficient (Wildman–Crippen LogP) is 1.16. The first-order chi connectivity index (χ1) is 11.9. The van der Waals surface area contributed by atoms with Gasteiger partial charge in [-0.25, -0.2) is 18.4 Å². The average molecular weight is 362 g/mol. The lowest BCUT2D eigenvalue weighted by Gasteiger charge is -2.18. The summed E-state index contributed by atoms with van der Waals surface area (Å²) in [5.74, 6) is 0. The molecule has 2 rings (SSSR count). The molecule has 1 aromatic carbocycles. The van der Waals surface area contributed by atoms with Crippen molar-refractivity contribution in [1.82, 2.24) is 15.2 Å². The maximum atomic E-state index is 12.0. The first-order valence-corrected chi connectivity index (χ1v) is 9.40. The van der Waals surface area contributed by atoms with E-state index in [-0.39, 0.29) is 10.9 Å². The number of pyridine rings is 1. The van der Waals surface area contributed by atoms with Gasteiger partial charge in [-0.15, -0.1) is 0 Å². The highest BCUT2D eigenvalue weighted by molar-refractivity contribution is 7.89. The number of aromatic nitrogens is 1. The minimum absolute atomic E-state index is 0.0798. The second-order valence-corrected chi connectivity index (χ2v) is 7.26. The zero-order valence-electron chi connectivity index (χ0n) is 14.1. The number of rotatable bonds is 7. The van der Waals surface area contributed by atoms with Crippen LogP contribution < -0.4 is 10.5 Å². The number of benzene rings is 1. The molecule has 0 atom stereocenters. The van der Waals surface area contributed by atoms with Gasteiger partial charge < -0.3 is 10.2 Å². The number of nitrogens with zero attached hydrogens (tertiary/aromatic N) is 2. The zero-order chi connectivity index (χ0) is 18.3. The molecule has 0 aliphatic carbocycles. The smallest absolute Gasteiger partial charge is 0.317 e. The molecular formula is C17H22N4O3S. The summed E-state index contributed by atoms with van der Waals surface area (Å²) in [5.41, 5.74) is 2.05. The highest BCUT2D eigenvalue weighted by Crippen LogP contribution is 2.09. The number of urea groups is 1. The summed E-state index contributed by atoms with van der Waals surface area (Å²) in [6.07, 6.45) is 4.84. The van der Waals surface area contributed by atoms with Gasteiger partial charge in [0.15, 0.2) is 0 Å². The number of carbonyl (C=O) groups excluding carboxylic acids is 1. The van der Waals surface area contributed by atoms with E-state index >= 15 is 0 Å². The van der Waals surface area contributed by atoms with Crippen LogP contribution in [0.15, 0.2) is 53.7 Å². The van der Waals surface area contributed by atoms with Gasteiger partial charge in [-0.2, -0.15) is 0 Å². The van der Waals surface area contributed by atoms with E-state index in [1.165, 1.54) is 12.1 Å². The Balaban J connectivity index is 1.74. The number of likely N-dealkylation sites (N-methyl/N-ethyl adjacent to an activating group) is 1. The van der Waals surface area contributed by atoms with Gasteiger partial charge in [0, 0.05) is 32.5 Å². The van der Waals surface area contributed by atoms with Crippen LogP contribution in [0.3, 0.4) is 0 Å². The zero-order valence-corrected chi connectivity index (χ0v) is 14.9. The maximum absolute atomic E-state index is 12.0. The minimum atomic E-state index is -3.67. The molecule has 0 aliphatic rings. The molecule has 134 valence electrons. The average Bonchev–Trinajstić information content (AvgIpc) is 2.60. The summed E-state index contributed by atoms with van der Waals surface area (Å²) in [7, 11) is -1.93. The predicted molar refractivity (Wildman–Crippen MR) is 95.5 cm³/mol. The largest absolute Gasteiger partial charge is 0.338 e. The van der Waals surface area contributed by atoms with Crippen molar-refractivity contribution < 1.29 is 13.2 Å². The summed E-state index contributed by atoms with van der Waals surface area (Å²) in [5, 5.41) is 7.90. The van der Waals surface area contributed by atoms with Gasteiger partial charge in [-0.1, -0.05) is 12.1 Å². The molecule has 8 heteroatoms. The summed E-state index contributed by atoms with van der Waals surface area (Å²) < 4.78 is 22.4. The number of primary sulfonamides is 1. The number of hydrogen-bond donors (Lipinski definition) is 2. The van der Waals surface area contributed by atoms with Gasteiger partial charge >= 0.3 is 6.03 Å². The molecule has 0 aliphatic heterocycles. The second kappa shape index (κ2) is 8.59. The second-order valence-electron chi connectivity index (χ2n) is 5.70. The van der Waals surface area contributed by atoms with Crippen molar-refractivity contribution in [2.24, 2.45) is 5.14 Å². The van der Waals surface area contributed by atoms with Crippen LogP contribution in [0.2, 0.25) is 0 Å². The fourth-order valence-electron chi connectivity index (χ4n) is 2.24. The standard InChI is InChI=1S/C17H22N4O3S/c1-21(13-9-15-6-10-19-11-7-15)17(22)20-12-8-14-2-4-16(5-3-14)25(18,23)24/h2-7,10-11H,8-9,12-13H2,1H3,(H,20,22)(H2,18,23,24). The Labute approximate surface area is 147 Å². The van der Waals surface area contributed by atoms with Crippen molar-refractivity contribution in [2.45, 2.75) is 17.7 Å². The first kappa shape index (κ1) is 18.9. The molecule has 0 bridgehead atoms. The van der Waals surface area contributed by atoms with E-state index in [9.17, 15) is 13.2 Å². The molecule has 0 fully saturated rings. The number of nitrogens with two attached hydrogens (primary N) is 1. The third-order valence-corrected chi connectivity index (χ3v) is 4.70. The van der Waals surface area contributed by atoms with Gasteiger partial charge in [0.1, 0.15) is 0 Å². The molecule has 1 aromatic heterocycles. The summed E-state index contributed by atoms with van der Waals surface area (Å²) >= 11 is 0. The fourth-order valence-corrected chi connectivity index (χ4v) is 2.76. The van der Waals surface area contributed by atoms with Gasteiger partial charge in [0.25, 0.3) is 0 Å². The molecule has 0 radical (unpaired) electrons. The van der Waals surface area contributed by atoms with Gasteiger partial charge in [-0.3, -0.25) is 4.98 Å². The Hall–Kier alpha value is -2.45. The van der Waals surface area contributed by atoms with Crippen LogP contribution in [0.4, 0.5) is 4.79 Å². The third kappa shape index (κ3) is 6.17. The highest BCUT2D eigenvalue weighted by Gasteiger charge is 2.09. The van der Waals surface area contributed by atoms with E-state index < -0.39 is 10.0 Å². The highest BCUT2D eigenvalue weighted by atomic mass is 32.2. The lowest BCUT2D eigenvalue weighted by molar-refractivity contribution is 0.209. The van der Waals surface area contributed by atoms with Crippen LogP contribution in [0, 0.1) is 0 Å². The number of nitrogens with one attached hydrogen (secondary N) is 1. The van der Waals surface area contributed by atoms with E-state index in [1.54, 1.807) is 36.5 Å².